The number of pyridine rings is 1. The second kappa shape index (κ2) is 7.68. The number of esters is 1. The summed E-state index contributed by atoms with van der Waals surface area (Å²) in [6.07, 6.45) is 3.13. The third-order valence-electron chi connectivity index (χ3n) is 2.25. The van der Waals surface area contributed by atoms with E-state index >= 15 is 0 Å². The molecule has 1 aromatic rings. The number of halogens is 1. The highest BCUT2D eigenvalue weighted by atomic mass is 79.9. The summed E-state index contributed by atoms with van der Waals surface area (Å²) in [7, 11) is 0. The Bertz CT molecular complexity index is 477. The fourth-order valence-electron chi connectivity index (χ4n) is 1.45. The number of ether oxygens (including phenoxy) is 1. The zero-order valence-corrected chi connectivity index (χ0v) is 12.2. The molecule has 0 aliphatic heterocycles. The average molecular weight is 327 g/mol. The molecule has 0 aromatic carbocycles. The van der Waals surface area contributed by atoms with Crippen LogP contribution in [0.4, 0.5) is 0 Å². The lowest BCUT2D eigenvalue weighted by molar-refractivity contribution is -0.143. The van der Waals surface area contributed by atoms with Crippen molar-refractivity contribution in [2.45, 2.75) is 6.92 Å². The number of hydrogen-bond donors (Lipinski definition) is 0. The van der Waals surface area contributed by atoms with Crippen molar-refractivity contribution in [2.24, 2.45) is 0 Å². The van der Waals surface area contributed by atoms with Gasteiger partial charge < -0.3 is 9.64 Å². The molecule has 0 fully saturated rings. The molecule has 0 saturated heterocycles. The topological polar surface area (TPSA) is 59.5 Å². The van der Waals surface area contributed by atoms with E-state index in [2.05, 4.69) is 27.5 Å². The number of hydrogen-bond acceptors (Lipinski definition) is 4. The molecule has 102 valence electrons. The van der Waals surface area contributed by atoms with E-state index in [1.807, 2.05) is 0 Å². The Hall–Kier alpha value is -1.69. The quantitative estimate of drug-likeness (QED) is 0.456. The maximum absolute atomic E-state index is 12.3. The third kappa shape index (κ3) is 4.48. The maximum Gasteiger partial charge on any atom is 0.325 e. The summed E-state index contributed by atoms with van der Waals surface area (Å²) in [4.78, 5) is 29.1. The van der Waals surface area contributed by atoms with Crippen molar-refractivity contribution in [2.75, 3.05) is 19.7 Å². The molecule has 1 heterocycles. The Labute approximate surface area is 120 Å². The summed E-state index contributed by atoms with van der Waals surface area (Å²) >= 11 is 3.21. The Morgan fingerprint density at radius 3 is 2.89 bits per heavy atom. The predicted molar refractivity (Wildman–Crippen MR) is 74.7 cm³/mol. The van der Waals surface area contributed by atoms with Gasteiger partial charge in [-0.15, -0.1) is 6.58 Å². The first kappa shape index (κ1) is 15.4. The predicted octanol–water partition coefficient (Wildman–Crippen LogP) is 2.04. The molecule has 0 radical (unpaired) electrons. The molecule has 0 atom stereocenters. The SMILES string of the molecule is C=CCN(CC(=O)OCC)C(=O)c1cccnc1Br. The molecule has 19 heavy (non-hydrogen) atoms. The van der Waals surface area contributed by atoms with Gasteiger partial charge in [0.15, 0.2) is 0 Å². The van der Waals surface area contributed by atoms with Crippen LogP contribution in [0.5, 0.6) is 0 Å². The molecule has 0 unspecified atom stereocenters. The summed E-state index contributed by atoms with van der Waals surface area (Å²) in [5.41, 5.74) is 0.397. The van der Waals surface area contributed by atoms with Gasteiger partial charge in [-0.2, -0.15) is 0 Å². The molecule has 1 amide bonds. The molecule has 0 N–H and O–H groups in total. The van der Waals surface area contributed by atoms with E-state index in [0.29, 0.717) is 10.2 Å². The van der Waals surface area contributed by atoms with Gasteiger partial charge >= 0.3 is 5.97 Å². The minimum atomic E-state index is -0.447. The molecular formula is C13H15BrN2O3. The standard InChI is InChI=1S/C13H15BrN2O3/c1-3-8-16(9-11(17)19-4-2)13(18)10-6-5-7-15-12(10)14/h3,5-7H,1,4,8-9H2,2H3. The highest BCUT2D eigenvalue weighted by Gasteiger charge is 2.20. The van der Waals surface area contributed by atoms with Crippen LogP contribution in [-0.2, 0) is 9.53 Å². The van der Waals surface area contributed by atoms with Crippen LogP contribution in [0.3, 0.4) is 0 Å². The van der Waals surface area contributed by atoms with Crippen LogP contribution in [0, 0.1) is 0 Å². The van der Waals surface area contributed by atoms with Gasteiger partial charge in [0.1, 0.15) is 11.1 Å². The molecule has 0 bridgehead atoms. The van der Waals surface area contributed by atoms with Gasteiger partial charge in [0.25, 0.3) is 5.91 Å². The van der Waals surface area contributed by atoms with Crippen LogP contribution in [0.15, 0.2) is 35.6 Å². The molecule has 0 aliphatic rings. The van der Waals surface area contributed by atoms with E-state index in [1.165, 1.54) is 4.90 Å². The zero-order chi connectivity index (χ0) is 14.3. The lowest BCUT2D eigenvalue weighted by atomic mass is 10.2. The molecule has 1 rings (SSSR count). The molecular weight excluding hydrogens is 312 g/mol. The second-order valence-electron chi connectivity index (χ2n) is 3.62. The van der Waals surface area contributed by atoms with E-state index in [-0.39, 0.29) is 25.6 Å². The van der Waals surface area contributed by atoms with E-state index < -0.39 is 5.97 Å². The van der Waals surface area contributed by atoms with Crippen molar-refractivity contribution in [3.63, 3.8) is 0 Å². The van der Waals surface area contributed by atoms with E-state index in [4.69, 9.17) is 4.74 Å². The zero-order valence-electron chi connectivity index (χ0n) is 10.6. The van der Waals surface area contributed by atoms with Gasteiger partial charge in [0, 0.05) is 12.7 Å². The first-order valence-electron chi connectivity index (χ1n) is 5.76. The van der Waals surface area contributed by atoms with Crippen molar-refractivity contribution in [3.05, 3.63) is 41.2 Å². The monoisotopic (exact) mass is 326 g/mol. The van der Waals surface area contributed by atoms with Crippen LogP contribution in [0.25, 0.3) is 0 Å². The average Bonchev–Trinajstić information content (AvgIpc) is 2.38. The van der Waals surface area contributed by atoms with Crippen molar-refractivity contribution >= 4 is 27.8 Å². The summed E-state index contributed by atoms with van der Waals surface area (Å²) in [5.74, 6) is -0.745. The molecule has 5 nitrogen and oxygen atoms in total. The number of amides is 1. The van der Waals surface area contributed by atoms with E-state index in [0.717, 1.165) is 0 Å². The first-order valence-corrected chi connectivity index (χ1v) is 6.55. The first-order chi connectivity index (χ1) is 9.10. The number of aromatic nitrogens is 1. The molecule has 6 heteroatoms. The van der Waals surface area contributed by atoms with Crippen LogP contribution in [0.1, 0.15) is 17.3 Å². The second-order valence-corrected chi connectivity index (χ2v) is 4.37. The lowest BCUT2D eigenvalue weighted by Crippen LogP contribution is -2.36. The maximum atomic E-state index is 12.3. The van der Waals surface area contributed by atoms with Gasteiger partial charge in [-0.3, -0.25) is 9.59 Å². The number of rotatable bonds is 6. The highest BCUT2D eigenvalue weighted by molar-refractivity contribution is 9.10. The van der Waals surface area contributed by atoms with Crippen LogP contribution >= 0.6 is 15.9 Å². The summed E-state index contributed by atoms with van der Waals surface area (Å²) in [6, 6.07) is 3.30. The van der Waals surface area contributed by atoms with Crippen molar-refractivity contribution in [3.8, 4) is 0 Å². The van der Waals surface area contributed by atoms with Gasteiger partial charge in [-0.1, -0.05) is 6.08 Å². The van der Waals surface area contributed by atoms with Crippen molar-refractivity contribution in [1.82, 2.24) is 9.88 Å². The molecule has 0 aliphatic carbocycles. The number of carbonyl (C=O) groups excluding carboxylic acids is 2. The van der Waals surface area contributed by atoms with Crippen LogP contribution in [0.2, 0.25) is 0 Å². The van der Waals surface area contributed by atoms with Crippen molar-refractivity contribution in [1.29, 1.82) is 0 Å². The van der Waals surface area contributed by atoms with Gasteiger partial charge in [0.05, 0.1) is 12.2 Å². The molecule has 0 spiro atoms. The fourth-order valence-corrected chi connectivity index (χ4v) is 1.87. The molecule has 0 saturated carbocycles. The number of nitrogens with zero attached hydrogens (tertiary/aromatic N) is 2. The minimum Gasteiger partial charge on any atom is -0.465 e. The Morgan fingerprint density at radius 1 is 1.58 bits per heavy atom. The van der Waals surface area contributed by atoms with Gasteiger partial charge in [0.2, 0.25) is 0 Å². The smallest absolute Gasteiger partial charge is 0.325 e. The number of carbonyl (C=O) groups is 2. The van der Waals surface area contributed by atoms with E-state index in [9.17, 15) is 9.59 Å². The summed E-state index contributed by atoms with van der Waals surface area (Å²) in [5, 5.41) is 0. The Kier molecular flexibility index (Phi) is 6.21. The minimum absolute atomic E-state index is 0.111. The largest absolute Gasteiger partial charge is 0.465 e. The highest BCUT2D eigenvalue weighted by Crippen LogP contribution is 2.15. The Morgan fingerprint density at radius 2 is 2.32 bits per heavy atom. The van der Waals surface area contributed by atoms with Crippen LogP contribution in [-0.4, -0.2) is 41.5 Å². The normalized spacial score (nSPS) is 9.79. The van der Waals surface area contributed by atoms with Crippen molar-refractivity contribution < 1.29 is 14.3 Å². The van der Waals surface area contributed by atoms with Crippen LogP contribution < -0.4 is 0 Å². The van der Waals surface area contributed by atoms with Gasteiger partial charge in [-0.05, 0) is 35.0 Å². The molecule has 1 aromatic heterocycles. The van der Waals surface area contributed by atoms with E-state index in [1.54, 1.807) is 31.3 Å². The lowest BCUT2D eigenvalue weighted by Gasteiger charge is -2.20. The third-order valence-corrected chi connectivity index (χ3v) is 2.88. The summed E-state index contributed by atoms with van der Waals surface area (Å²) in [6.45, 7) is 5.73. The Balaban J connectivity index is 2.87. The van der Waals surface area contributed by atoms with Gasteiger partial charge in [-0.25, -0.2) is 4.98 Å². The summed E-state index contributed by atoms with van der Waals surface area (Å²) < 4.78 is 5.28. The fraction of sp³-hybridized carbons (Fsp3) is 0.308.